The van der Waals surface area contributed by atoms with Crippen LogP contribution in [0.1, 0.15) is 11.1 Å². The van der Waals surface area contributed by atoms with E-state index < -0.39 is 0 Å². The molecule has 0 aliphatic carbocycles. The molecule has 0 unspecified atom stereocenters. The van der Waals surface area contributed by atoms with E-state index in [0.717, 1.165) is 5.56 Å². The van der Waals surface area contributed by atoms with Crippen LogP contribution in [-0.2, 0) is 0 Å². The van der Waals surface area contributed by atoms with Crippen LogP contribution in [0.5, 0.6) is 0 Å². The fourth-order valence-electron chi connectivity index (χ4n) is 1.71. The lowest BCUT2D eigenvalue weighted by Crippen LogP contribution is -2.12. The maximum Gasteiger partial charge on any atom is 0.146 e. The summed E-state index contributed by atoms with van der Waals surface area (Å²) in [6, 6.07) is 9.90. The Bertz CT molecular complexity index is 643. The first-order valence-electron chi connectivity index (χ1n) is 5.60. The topological polar surface area (TPSA) is 38.0 Å². The summed E-state index contributed by atoms with van der Waals surface area (Å²) < 4.78 is 13.7. The van der Waals surface area contributed by atoms with E-state index >= 15 is 0 Å². The molecule has 0 atom stereocenters. The van der Waals surface area contributed by atoms with Crippen LogP contribution in [0.2, 0.25) is 5.02 Å². The maximum absolute atomic E-state index is 13.7. The Morgan fingerprint density at radius 3 is 2.63 bits per heavy atom. The van der Waals surface area contributed by atoms with E-state index in [1.807, 2.05) is 6.92 Å². The second-order valence-corrected chi connectivity index (χ2v) is 5.04. The van der Waals surface area contributed by atoms with Crippen LogP contribution in [0.25, 0.3) is 0 Å². The molecule has 0 aliphatic heterocycles. The molecule has 0 amide bonds. The number of thiocarbonyl (C=S) groups is 1. The molecule has 0 aliphatic rings. The van der Waals surface area contributed by atoms with E-state index in [-0.39, 0.29) is 10.8 Å². The van der Waals surface area contributed by atoms with Crippen molar-refractivity contribution in [3.63, 3.8) is 0 Å². The van der Waals surface area contributed by atoms with Crippen LogP contribution in [0, 0.1) is 12.7 Å². The van der Waals surface area contributed by atoms with Gasteiger partial charge in [-0.1, -0.05) is 29.9 Å². The quantitative estimate of drug-likeness (QED) is 0.835. The molecule has 0 aromatic heterocycles. The molecule has 0 spiro atoms. The van der Waals surface area contributed by atoms with Crippen molar-refractivity contribution in [1.82, 2.24) is 0 Å². The van der Waals surface area contributed by atoms with Gasteiger partial charge in [0.05, 0.1) is 5.69 Å². The first-order chi connectivity index (χ1) is 8.97. The number of nitrogens with two attached hydrogens (primary N) is 1. The summed E-state index contributed by atoms with van der Waals surface area (Å²) in [6.45, 7) is 1.89. The summed E-state index contributed by atoms with van der Waals surface area (Å²) in [7, 11) is 0. The minimum absolute atomic E-state index is 0.207. The standard InChI is InChI=1S/C14H12ClFN2S/c1-8-2-4-11(16)13(6-8)18-12-5-3-9(15)7-10(12)14(17)19/h2-7,18H,1H3,(H2,17,19). The lowest BCUT2D eigenvalue weighted by atomic mass is 10.1. The molecular formula is C14H12ClFN2S. The highest BCUT2D eigenvalue weighted by atomic mass is 35.5. The molecule has 5 heteroatoms. The summed E-state index contributed by atoms with van der Waals surface area (Å²) in [4.78, 5) is 0.207. The lowest BCUT2D eigenvalue weighted by molar-refractivity contribution is 0.631. The fourth-order valence-corrected chi connectivity index (χ4v) is 2.05. The number of anilines is 2. The number of hydrogen-bond donors (Lipinski definition) is 2. The van der Waals surface area contributed by atoms with Gasteiger partial charge in [0.15, 0.2) is 0 Å². The molecule has 0 saturated heterocycles. The van der Waals surface area contributed by atoms with Crippen LogP contribution >= 0.6 is 23.8 Å². The fraction of sp³-hybridized carbons (Fsp3) is 0.0714. The van der Waals surface area contributed by atoms with Gasteiger partial charge in [-0.2, -0.15) is 0 Å². The highest BCUT2D eigenvalue weighted by Crippen LogP contribution is 2.26. The molecule has 0 radical (unpaired) electrons. The second kappa shape index (κ2) is 5.55. The third-order valence-corrected chi connectivity index (χ3v) is 3.09. The van der Waals surface area contributed by atoms with E-state index in [0.29, 0.717) is 22.0 Å². The van der Waals surface area contributed by atoms with Gasteiger partial charge in [-0.3, -0.25) is 0 Å². The van der Waals surface area contributed by atoms with Crippen molar-refractivity contribution in [2.45, 2.75) is 6.92 Å². The molecule has 2 nitrogen and oxygen atoms in total. The molecule has 0 bridgehead atoms. The van der Waals surface area contributed by atoms with Crippen molar-refractivity contribution < 1.29 is 4.39 Å². The van der Waals surface area contributed by atoms with Crippen molar-refractivity contribution in [2.75, 3.05) is 5.32 Å². The summed E-state index contributed by atoms with van der Waals surface area (Å²) in [5.41, 5.74) is 8.19. The summed E-state index contributed by atoms with van der Waals surface area (Å²) in [5.74, 6) is -0.338. The monoisotopic (exact) mass is 294 g/mol. The molecule has 98 valence electrons. The van der Waals surface area contributed by atoms with Gasteiger partial charge in [0.2, 0.25) is 0 Å². The average Bonchev–Trinajstić information content (AvgIpc) is 2.35. The first kappa shape index (κ1) is 13.8. The van der Waals surface area contributed by atoms with Gasteiger partial charge >= 0.3 is 0 Å². The smallest absolute Gasteiger partial charge is 0.146 e. The number of benzene rings is 2. The molecule has 19 heavy (non-hydrogen) atoms. The van der Waals surface area contributed by atoms with E-state index in [1.54, 1.807) is 30.3 Å². The Hall–Kier alpha value is -1.65. The minimum Gasteiger partial charge on any atom is -0.389 e. The number of aryl methyl sites for hydroxylation is 1. The minimum atomic E-state index is -0.338. The van der Waals surface area contributed by atoms with Gasteiger partial charge < -0.3 is 11.1 Å². The van der Waals surface area contributed by atoms with Crippen LogP contribution < -0.4 is 11.1 Å². The molecule has 2 rings (SSSR count). The zero-order valence-electron chi connectivity index (χ0n) is 10.2. The molecular weight excluding hydrogens is 283 g/mol. The zero-order chi connectivity index (χ0) is 14.0. The summed E-state index contributed by atoms with van der Waals surface area (Å²) in [5, 5.41) is 3.52. The van der Waals surface area contributed by atoms with Crippen molar-refractivity contribution in [3.05, 3.63) is 58.4 Å². The number of hydrogen-bond acceptors (Lipinski definition) is 2. The van der Waals surface area contributed by atoms with Gasteiger partial charge in [-0.25, -0.2) is 4.39 Å². The van der Waals surface area contributed by atoms with Gasteiger partial charge in [0.1, 0.15) is 10.8 Å². The second-order valence-electron chi connectivity index (χ2n) is 4.16. The van der Waals surface area contributed by atoms with E-state index in [9.17, 15) is 4.39 Å². The van der Waals surface area contributed by atoms with E-state index in [2.05, 4.69) is 5.32 Å². The predicted molar refractivity (Wildman–Crippen MR) is 81.8 cm³/mol. The van der Waals surface area contributed by atoms with Gasteiger partial charge in [0.25, 0.3) is 0 Å². The third kappa shape index (κ3) is 3.22. The third-order valence-electron chi connectivity index (χ3n) is 2.64. The molecule has 0 saturated carbocycles. The Kier molecular flexibility index (Phi) is 4.02. The normalized spacial score (nSPS) is 10.3. The number of rotatable bonds is 3. The average molecular weight is 295 g/mol. The Balaban J connectivity index is 2.43. The molecule has 3 N–H and O–H groups in total. The number of nitrogens with one attached hydrogen (secondary N) is 1. The van der Waals surface area contributed by atoms with Crippen molar-refractivity contribution >= 4 is 40.2 Å². The Morgan fingerprint density at radius 1 is 1.21 bits per heavy atom. The van der Waals surface area contributed by atoms with Gasteiger partial charge in [-0.05, 0) is 42.8 Å². The van der Waals surface area contributed by atoms with Crippen molar-refractivity contribution in [3.8, 4) is 0 Å². The largest absolute Gasteiger partial charge is 0.389 e. The van der Waals surface area contributed by atoms with Crippen molar-refractivity contribution in [1.29, 1.82) is 0 Å². The highest BCUT2D eigenvalue weighted by Gasteiger charge is 2.09. The lowest BCUT2D eigenvalue weighted by Gasteiger charge is -2.13. The number of halogens is 2. The Morgan fingerprint density at radius 2 is 1.95 bits per heavy atom. The molecule has 2 aromatic carbocycles. The van der Waals surface area contributed by atoms with Crippen LogP contribution in [-0.4, -0.2) is 4.99 Å². The first-order valence-corrected chi connectivity index (χ1v) is 6.38. The summed E-state index contributed by atoms with van der Waals surface area (Å²) >= 11 is 10.9. The van der Waals surface area contributed by atoms with Crippen molar-refractivity contribution in [2.24, 2.45) is 5.73 Å². The van der Waals surface area contributed by atoms with Gasteiger partial charge in [0, 0.05) is 16.3 Å². The van der Waals surface area contributed by atoms with Gasteiger partial charge in [-0.15, -0.1) is 0 Å². The zero-order valence-corrected chi connectivity index (χ0v) is 11.8. The predicted octanol–water partition coefficient (Wildman–Crippen LogP) is 4.17. The van der Waals surface area contributed by atoms with Crippen LogP contribution in [0.3, 0.4) is 0 Å². The molecule has 0 fully saturated rings. The Labute approximate surface area is 121 Å². The van der Waals surface area contributed by atoms with Crippen LogP contribution in [0.15, 0.2) is 36.4 Å². The highest BCUT2D eigenvalue weighted by molar-refractivity contribution is 7.80. The maximum atomic E-state index is 13.7. The van der Waals surface area contributed by atoms with E-state index in [4.69, 9.17) is 29.6 Å². The SMILES string of the molecule is Cc1ccc(F)c(Nc2ccc(Cl)cc2C(N)=S)c1. The molecule has 0 heterocycles. The summed E-state index contributed by atoms with van der Waals surface area (Å²) in [6.07, 6.45) is 0. The van der Waals surface area contributed by atoms with Crippen LogP contribution in [0.4, 0.5) is 15.8 Å². The van der Waals surface area contributed by atoms with E-state index in [1.165, 1.54) is 6.07 Å². The molecule has 2 aromatic rings.